The molecule has 0 radical (unpaired) electrons. The number of ether oxygens (including phenoxy) is 1. The zero-order valence-electron chi connectivity index (χ0n) is 16.6. The van der Waals surface area contributed by atoms with E-state index in [0.29, 0.717) is 19.8 Å². The van der Waals surface area contributed by atoms with Crippen molar-refractivity contribution in [2.75, 3.05) is 50.8 Å². The molecule has 0 unspecified atom stereocenters. The molecule has 0 saturated carbocycles. The Bertz CT molecular complexity index is 800. The van der Waals surface area contributed by atoms with E-state index in [-0.39, 0.29) is 11.9 Å². The Morgan fingerprint density at radius 2 is 1.86 bits per heavy atom. The molecule has 2 aromatic rings. The summed E-state index contributed by atoms with van der Waals surface area (Å²) in [5, 5.41) is 3.40. The highest BCUT2D eigenvalue weighted by Gasteiger charge is 2.26. The van der Waals surface area contributed by atoms with E-state index in [1.54, 1.807) is 0 Å². The molecule has 5 nitrogen and oxygen atoms in total. The molecule has 4 rings (SSSR count). The van der Waals surface area contributed by atoms with E-state index >= 15 is 0 Å². The van der Waals surface area contributed by atoms with Crippen LogP contribution in [0.1, 0.15) is 23.7 Å². The molecule has 148 valence electrons. The number of benzene rings is 2. The maximum Gasteiger partial charge on any atom is 0.254 e. The van der Waals surface area contributed by atoms with Crippen molar-refractivity contribution in [3.8, 4) is 11.1 Å². The van der Waals surface area contributed by atoms with Gasteiger partial charge >= 0.3 is 0 Å². The number of hydrogen-bond donors (Lipinski definition) is 1. The molecule has 0 aromatic heterocycles. The minimum Gasteiger partial charge on any atom is -0.377 e. The Kier molecular flexibility index (Phi) is 5.93. The second-order valence-corrected chi connectivity index (χ2v) is 7.50. The van der Waals surface area contributed by atoms with E-state index in [0.717, 1.165) is 43.7 Å². The Balaban J connectivity index is 1.51. The van der Waals surface area contributed by atoms with Gasteiger partial charge in [-0.2, -0.15) is 0 Å². The number of nitrogens with zero attached hydrogens (tertiary/aromatic N) is 2. The molecule has 2 saturated heterocycles. The van der Waals surface area contributed by atoms with Crippen molar-refractivity contribution in [3.05, 3.63) is 54.1 Å². The fourth-order valence-electron chi connectivity index (χ4n) is 4.04. The van der Waals surface area contributed by atoms with Gasteiger partial charge in [-0.3, -0.25) is 4.79 Å². The standard InChI is InChI=1S/C23H29N3O2/c1-2-21-17-28-15-14-26(21)23(27)19-8-6-18(7-9-19)20-4-3-5-22(16-20)25-12-10-24-11-13-25/h3-9,16,21,24H,2,10-15,17H2,1H3/t21-/m0/s1. The van der Waals surface area contributed by atoms with Crippen LogP contribution in [-0.4, -0.2) is 62.8 Å². The number of morpholine rings is 1. The lowest BCUT2D eigenvalue weighted by atomic mass is 10.0. The number of carbonyl (C=O) groups excluding carboxylic acids is 1. The zero-order valence-corrected chi connectivity index (χ0v) is 16.6. The van der Waals surface area contributed by atoms with Crippen LogP contribution < -0.4 is 10.2 Å². The lowest BCUT2D eigenvalue weighted by Gasteiger charge is -2.35. The van der Waals surface area contributed by atoms with Gasteiger partial charge in [-0.25, -0.2) is 0 Å². The monoisotopic (exact) mass is 379 g/mol. The van der Waals surface area contributed by atoms with Crippen molar-refractivity contribution in [2.45, 2.75) is 19.4 Å². The lowest BCUT2D eigenvalue weighted by molar-refractivity contribution is -0.00279. The average Bonchev–Trinajstić information content (AvgIpc) is 2.79. The van der Waals surface area contributed by atoms with Crippen LogP contribution in [0.25, 0.3) is 11.1 Å². The smallest absolute Gasteiger partial charge is 0.254 e. The number of piperazine rings is 1. The van der Waals surface area contributed by atoms with Crippen molar-refractivity contribution in [1.82, 2.24) is 10.2 Å². The molecule has 0 bridgehead atoms. The summed E-state index contributed by atoms with van der Waals surface area (Å²) in [4.78, 5) is 17.3. The molecule has 28 heavy (non-hydrogen) atoms. The Hall–Kier alpha value is -2.37. The summed E-state index contributed by atoms with van der Waals surface area (Å²) in [6.45, 7) is 8.17. The number of amides is 1. The van der Waals surface area contributed by atoms with Gasteiger partial charge in [-0.05, 0) is 41.8 Å². The first-order chi connectivity index (χ1) is 13.8. The Morgan fingerprint density at radius 3 is 2.61 bits per heavy atom. The largest absolute Gasteiger partial charge is 0.377 e. The summed E-state index contributed by atoms with van der Waals surface area (Å²) in [5.41, 5.74) is 4.34. The van der Waals surface area contributed by atoms with Crippen LogP contribution in [0.5, 0.6) is 0 Å². The van der Waals surface area contributed by atoms with E-state index in [9.17, 15) is 4.79 Å². The predicted molar refractivity (Wildman–Crippen MR) is 113 cm³/mol. The van der Waals surface area contributed by atoms with Gasteiger partial charge in [0.1, 0.15) is 0 Å². The number of rotatable bonds is 4. The van der Waals surface area contributed by atoms with Gasteiger partial charge in [0.05, 0.1) is 19.3 Å². The first-order valence-electron chi connectivity index (χ1n) is 10.3. The SMILES string of the molecule is CC[C@H]1COCCN1C(=O)c1ccc(-c2cccc(N3CCNCC3)c2)cc1. The quantitative estimate of drug-likeness (QED) is 0.887. The summed E-state index contributed by atoms with van der Waals surface area (Å²) in [7, 11) is 0. The fraction of sp³-hybridized carbons (Fsp3) is 0.435. The fourth-order valence-corrected chi connectivity index (χ4v) is 4.04. The van der Waals surface area contributed by atoms with E-state index in [1.807, 2.05) is 17.0 Å². The summed E-state index contributed by atoms with van der Waals surface area (Å²) < 4.78 is 5.53. The number of anilines is 1. The average molecular weight is 380 g/mol. The van der Waals surface area contributed by atoms with Crippen molar-refractivity contribution in [1.29, 1.82) is 0 Å². The first kappa shape index (κ1) is 19.0. The molecule has 5 heteroatoms. The normalized spacial score (nSPS) is 20.2. The third-order valence-electron chi connectivity index (χ3n) is 5.75. The van der Waals surface area contributed by atoms with Crippen LogP contribution in [-0.2, 0) is 4.74 Å². The van der Waals surface area contributed by atoms with Crippen molar-refractivity contribution >= 4 is 11.6 Å². The van der Waals surface area contributed by atoms with Crippen LogP contribution >= 0.6 is 0 Å². The number of carbonyl (C=O) groups is 1. The topological polar surface area (TPSA) is 44.8 Å². The maximum atomic E-state index is 12.9. The molecule has 1 N–H and O–H groups in total. The highest BCUT2D eigenvalue weighted by Crippen LogP contribution is 2.26. The maximum absolute atomic E-state index is 12.9. The van der Waals surface area contributed by atoms with Crippen molar-refractivity contribution < 1.29 is 9.53 Å². The van der Waals surface area contributed by atoms with Gasteiger partial charge in [-0.15, -0.1) is 0 Å². The number of nitrogens with one attached hydrogen (secondary N) is 1. The molecule has 0 aliphatic carbocycles. The molecule has 1 atom stereocenters. The molecule has 2 aliphatic heterocycles. The van der Waals surface area contributed by atoms with Crippen LogP contribution in [0, 0.1) is 0 Å². The minimum atomic E-state index is 0.108. The second-order valence-electron chi connectivity index (χ2n) is 7.50. The van der Waals surface area contributed by atoms with Crippen LogP contribution in [0.2, 0.25) is 0 Å². The van der Waals surface area contributed by atoms with Gasteiger partial charge in [-0.1, -0.05) is 31.2 Å². The Morgan fingerprint density at radius 1 is 1.07 bits per heavy atom. The molecule has 2 heterocycles. The van der Waals surface area contributed by atoms with E-state index < -0.39 is 0 Å². The lowest BCUT2D eigenvalue weighted by Crippen LogP contribution is -2.48. The van der Waals surface area contributed by atoms with Gasteiger partial charge in [0, 0.05) is 44.0 Å². The van der Waals surface area contributed by atoms with Gasteiger partial charge in [0.2, 0.25) is 0 Å². The van der Waals surface area contributed by atoms with E-state index in [1.165, 1.54) is 11.3 Å². The second kappa shape index (κ2) is 8.76. The Labute approximate surface area is 167 Å². The predicted octanol–water partition coefficient (Wildman–Crippen LogP) is 3.01. The van der Waals surface area contributed by atoms with Crippen LogP contribution in [0.4, 0.5) is 5.69 Å². The minimum absolute atomic E-state index is 0.108. The van der Waals surface area contributed by atoms with E-state index in [2.05, 4.69) is 53.5 Å². The van der Waals surface area contributed by atoms with Gasteiger partial charge < -0.3 is 19.9 Å². The third-order valence-corrected chi connectivity index (χ3v) is 5.75. The first-order valence-corrected chi connectivity index (χ1v) is 10.3. The molecular weight excluding hydrogens is 350 g/mol. The van der Waals surface area contributed by atoms with Crippen molar-refractivity contribution in [2.24, 2.45) is 0 Å². The van der Waals surface area contributed by atoms with Crippen molar-refractivity contribution in [3.63, 3.8) is 0 Å². The highest BCUT2D eigenvalue weighted by molar-refractivity contribution is 5.95. The molecular formula is C23H29N3O2. The van der Waals surface area contributed by atoms with Crippen LogP contribution in [0.15, 0.2) is 48.5 Å². The van der Waals surface area contributed by atoms with E-state index in [4.69, 9.17) is 4.74 Å². The molecule has 1 amide bonds. The summed E-state index contributed by atoms with van der Waals surface area (Å²) in [5.74, 6) is 0.108. The van der Waals surface area contributed by atoms with Gasteiger partial charge in [0.25, 0.3) is 5.91 Å². The molecule has 2 fully saturated rings. The molecule has 0 spiro atoms. The van der Waals surface area contributed by atoms with Gasteiger partial charge in [0.15, 0.2) is 0 Å². The highest BCUT2D eigenvalue weighted by atomic mass is 16.5. The van der Waals surface area contributed by atoms with Crippen LogP contribution in [0.3, 0.4) is 0 Å². The molecule has 2 aliphatic rings. The zero-order chi connectivity index (χ0) is 19.3. The summed E-state index contributed by atoms with van der Waals surface area (Å²) in [6.07, 6.45) is 0.919. The summed E-state index contributed by atoms with van der Waals surface area (Å²) >= 11 is 0. The number of hydrogen-bond acceptors (Lipinski definition) is 4. The molecule has 2 aromatic carbocycles. The summed E-state index contributed by atoms with van der Waals surface area (Å²) in [6, 6.07) is 16.9. The third kappa shape index (κ3) is 4.05.